The molecule has 1 aromatic rings. The molecule has 82 valence electrons. The summed E-state index contributed by atoms with van der Waals surface area (Å²) >= 11 is 3.35. The fraction of sp³-hybridized carbons (Fsp3) is 0.455. The summed E-state index contributed by atoms with van der Waals surface area (Å²) in [5.41, 5.74) is 2.33. The first-order valence-electron chi connectivity index (χ1n) is 5.13. The molecule has 0 amide bonds. The van der Waals surface area contributed by atoms with Gasteiger partial charge in [-0.1, -0.05) is 0 Å². The second kappa shape index (κ2) is 4.41. The Kier molecular flexibility index (Phi) is 3.17. The van der Waals surface area contributed by atoms with Crippen molar-refractivity contribution in [2.75, 3.05) is 31.1 Å². The van der Waals surface area contributed by atoms with Crippen LogP contribution in [0.5, 0.6) is 5.75 Å². The minimum absolute atomic E-state index is 0.311. The third-order valence-corrected chi connectivity index (χ3v) is 3.36. The van der Waals surface area contributed by atoms with Crippen LogP contribution in [0.3, 0.4) is 0 Å². The average Bonchev–Trinajstić information content (AvgIpc) is 2.25. The van der Waals surface area contributed by atoms with Gasteiger partial charge >= 0.3 is 0 Å². The second-order valence-electron chi connectivity index (χ2n) is 3.83. The van der Waals surface area contributed by atoms with E-state index in [0.29, 0.717) is 5.75 Å². The standard InChI is InChI=1S/C11H15BrN2O/c1-8-6-11(15)9(12)7-10(8)14-4-2-13-3-5-14/h6-7,13,15H,2-5H2,1H3. The van der Waals surface area contributed by atoms with E-state index in [1.54, 1.807) is 6.07 Å². The summed E-state index contributed by atoms with van der Waals surface area (Å²) in [6.07, 6.45) is 0. The van der Waals surface area contributed by atoms with Gasteiger partial charge in [-0.3, -0.25) is 0 Å². The van der Waals surface area contributed by atoms with E-state index in [2.05, 4.69) is 26.1 Å². The van der Waals surface area contributed by atoms with Crippen molar-refractivity contribution in [2.45, 2.75) is 6.92 Å². The zero-order chi connectivity index (χ0) is 10.8. The summed E-state index contributed by atoms with van der Waals surface area (Å²) in [4.78, 5) is 2.34. The molecule has 3 nitrogen and oxygen atoms in total. The lowest BCUT2D eigenvalue weighted by Gasteiger charge is -2.31. The molecular formula is C11H15BrN2O. The Labute approximate surface area is 98.2 Å². The molecule has 0 aliphatic carbocycles. The zero-order valence-electron chi connectivity index (χ0n) is 8.76. The van der Waals surface area contributed by atoms with Crippen LogP contribution in [0.1, 0.15) is 5.56 Å². The highest BCUT2D eigenvalue weighted by Crippen LogP contribution is 2.32. The Bertz CT molecular complexity index is 362. The fourth-order valence-corrected chi connectivity index (χ4v) is 2.23. The molecule has 0 aromatic heterocycles. The van der Waals surface area contributed by atoms with Gasteiger partial charge in [-0.15, -0.1) is 0 Å². The first-order chi connectivity index (χ1) is 7.18. The van der Waals surface area contributed by atoms with Gasteiger partial charge in [-0.2, -0.15) is 0 Å². The lowest BCUT2D eigenvalue weighted by Crippen LogP contribution is -2.43. The van der Waals surface area contributed by atoms with Gasteiger partial charge in [0.2, 0.25) is 0 Å². The van der Waals surface area contributed by atoms with E-state index in [1.165, 1.54) is 5.69 Å². The number of phenols is 1. The van der Waals surface area contributed by atoms with Crippen LogP contribution in [0.2, 0.25) is 0 Å². The second-order valence-corrected chi connectivity index (χ2v) is 4.68. The molecule has 1 aliphatic rings. The molecule has 1 aliphatic heterocycles. The predicted octanol–water partition coefficient (Wildman–Crippen LogP) is 1.87. The van der Waals surface area contributed by atoms with Gasteiger partial charge in [0.05, 0.1) is 4.47 Å². The van der Waals surface area contributed by atoms with Crippen molar-refractivity contribution in [3.63, 3.8) is 0 Å². The minimum Gasteiger partial charge on any atom is -0.507 e. The van der Waals surface area contributed by atoms with Crippen LogP contribution in [0, 0.1) is 6.92 Å². The highest BCUT2D eigenvalue weighted by atomic mass is 79.9. The summed E-state index contributed by atoms with van der Waals surface area (Å²) in [5.74, 6) is 0.311. The van der Waals surface area contributed by atoms with Gasteiger partial charge in [-0.05, 0) is 40.5 Å². The highest BCUT2D eigenvalue weighted by molar-refractivity contribution is 9.10. The van der Waals surface area contributed by atoms with E-state index in [1.807, 2.05) is 13.0 Å². The number of nitrogens with one attached hydrogen (secondary N) is 1. The Morgan fingerprint density at radius 1 is 1.33 bits per heavy atom. The maximum atomic E-state index is 9.55. The number of hydrogen-bond acceptors (Lipinski definition) is 3. The van der Waals surface area contributed by atoms with Crippen molar-refractivity contribution in [1.82, 2.24) is 5.32 Å². The van der Waals surface area contributed by atoms with Gasteiger partial charge in [0.15, 0.2) is 0 Å². The van der Waals surface area contributed by atoms with Gasteiger partial charge < -0.3 is 15.3 Å². The highest BCUT2D eigenvalue weighted by Gasteiger charge is 2.14. The monoisotopic (exact) mass is 270 g/mol. The Balaban J connectivity index is 2.30. The van der Waals surface area contributed by atoms with Crippen LogP contribution < -0.4 is 10.2 Å². The molecule has 15 heavy (non-hydrogen) atoms. The molecule has 1 saturated heterocycles. The SMILES string of the molecule is Cc1cc(O)c(Br)cc1N1CCNCC1. The number of aryl methyl sites for hydroxylation is 1. The lowest BCUT2D eigenvalue weighted by molar-refractivity contribution is 0.471. The van der Waals surface area contributed by atoms with Gasteiger partial charge in [-0.25, -0.2) is 0 Å². The van der Waals surface area contributed by atoms with Crippen LogP contribution in [0.25, 0.3) is 0 Å². The minimum atomic E-state index is 0.311. The maximum Gasteiger partial charge on any atom is 0.130 e. The van der Waals surface area contributed by atoms with Crippen molar-refractivity contribution in [1.29, 1.82) is 0 Å². The summed E-state index contributed by atoms with van der Waals surface area (Å²) in [6, 6.07) is 3.80. The fourth-order valence-electron chi connectivity index (χ4n) is 1.90. The van der Waals surface area contributed by atoms with Gasteiger partial charge in [0.1, 0.15) is 5.75 Å². The molecule has 1 heterocycles. The summed E-state index contributed by atoms with van der Waals surface area (Å²) < 4.78 is 0.765. The Morgan fingerprint density at radius 2 is 2.00 bits per heavy atom. The third-order valence-electron chi connectivity index (χ3n) is 2.72. The number of nitrogens with zero attached hydrogens (tertiary/aromatic N) is 1. The molecule has 2 rings (SSSR count). The number of benzene rings is 1. The number of piperazine rings is 1. The molecule has 1 fully saturated rings. The van der Waals surface area contributed by atoms with E-state index in [-0.39, 0.29) is 0 Å². The van der Waals surface area contributed by atoms with Crippen molar-refractivity contribution in [3.8, 4) is 5.75 Å². The first kappa shape index (κ1) is 10.8. The summed E-state index contributed by atoms with van der Waals surface area (Å²) in [7, 11) is 0. The van der Waals surface area contributed by atoms with Crippen molar-refractivity contribution in [3.05, 3.63) is 22.2 Å². The topological polar surface area (TPSA) is 35.5 Å². The molecule has 4 heteroatoms. The average molecular weight is 271 g/mol. The predicted molar refractivity (Wildman–Crippen MR) is 65.6 cm³/mol. The first-order valence-corrected chi connectivity index (χ1v) is 5.92. The number of hydrogen-bond donors (Lipinski definition) is 2. The molecule has 0 saturated carbocycles. The quantitative estimate of drug-likeness (QED) is 0.818. The molecule has 0 unspecified atom stereocenters. The number of aromatic hydroxyl groups is 1. The largest absolute Gasteiger partial charge is 0.507 e. The molecule has 2 N–H and O–H groups in total. The van der Waals surface area contributed by atoms with E-state index in [0.717, 1.165) is 36.2 Å². The van der Waals surface area contributed by atoms with Crippen LogP contribution in [-0.2, 0) is 0 Å². The molecule has 0 radical (unpaired) electrons. The van der Waals surface area contributed by atoms with Crippen LogP contribution >= 0.6 is 15.9 Å². The maximum absolute atomic E-state index is 9.55. The van der Waals surface area contributed by atoms with Crippen LogP contribution in [0.15, 0.2) is 16.6 Å². The van der Waals surface area contributed by atoms with Crippen LogP contribution in [0.4, 0.5) is 5.69 Å². The van der Waals surface area contributed by atoms with Crippen molar-refractivity contribution < 1.29 is 5.11 Å². The van der Waals surface area contributed by atoms with E-state index in [9.17, 15) is 5.11 Å². The smallest absolute Gasteiger partial charge is 0.130 e. The molecular weight excluding hydrogens is 256 g/mol. The normalized spacial score (nSPS) is 16.8. The summed E-state index contributed by atoms with van der Waals surface area (Å²) in [5, 5.41) is 12.9. The number of phenolic OH excluding ortho intramolecular Hbond substituents is 1. The van der Waals surface area contributed by atoms with E-state index in [4.69, 9.17) is 0 Å². The van der Waals surface area contributed by atoms with Crippen molar-refractivity contribution >= 4 is 21.6 Å². The van der Waals surface area contributed by atoms with Gasteiger partial charge in [0.25, 0.3) is 0 Å². The van der Waals surface area contributed by atoms with E-state index >= 15 is 0 Å². The van der Waals surface area contributed by atoms with Crippen LogP contribution in [-0.4, -0.2) is 31.3 Å². The number of anilines is 1. The number of rotatable bonds is 1. The Morgan fingerprint density at radius 3 is 2.67 bits per heavy atom. The van der Waals surface area contributed by atoms with Crippen molar-refractivity contribution in [2.24, 2.45) is 0 Å². The summed E-state index contributed by atoms with van der Waals surface area (Å²) in [6.45, 7) is 6.13. The van der Waals surface area contributed by atoms with E-state index < -0.39 is 0 Å². The molecule has 0 bridgehead atoms. The number of halogens is 1. The zero-order valence-corrected chi connectivity index (χ0v) is 10.3. The molecule has 0 atom stereocenters. The molecule has 0 spiro atoms. The third kappa shape index (κ3) is 2.26. The molecule has 1 aromatic carbocycles. The van der Waals surface area contributed by atoms with Gasteiger partial charge in [0, 0.05) is 31.9 Å². The Hall–Kier alpha value is -0.740. The lowest BCUT2D eigenvalue weighted by atomic mass is 10.1.